The fourth-order valence-corrected chi connectivity index (χ4v) is 3.85. The second-order valence-electron chi connectivity index (χ2n) is 7.87. The summed E-state index contributed by atoms with van der Waals surface area (Å²) in [6, 6.07) is 12.7. The zero-order valence-electron chi connectivity index (χ0n) is 17.5. The van der Waals surface area contributed by atoms with Gasteiger partial charge in [0.05, 0.1) is 30.4 Å². The summed E-state index contributed by atoms with van der Waals surface area (Å²) in [7, 11) is 1.64. The van der Waals surface area contributed by atoms with Crippen molar-refractivity contribution in [3.63, 3.8) is 0 Å². The first-order chi connectivity index (χ1) is 15.1. The van der Waals surface area contributed by atoms with Gasteiger partial charge >= 0.3 is 6.18 Å². The van der Waals surface area contributed by atoms with Gasteiger partial charge in [-0.15, -0.1) is 0 Å². The fraction of sp³-hybridized carbons (Fsp3) is 0.304. The lowest BCUT2D eigenvalue weighted by molar-refractivity contribution is -0.158. The molecule has 168 valence electrons. The molecule has 0 fully saturated rings. The van der Waals surface area contributed by atoms with E-state index >= 15 is 0 Å². The molecule has 6 nitrogen and oxygen atoms in total. The molecular formula is C23H22F3N3O3. The van der Waals surface area contributed by atoms with Crippen molar-refractivity contribution in [2.24, 2.45) is 0 Å². The molecule has 0 bridgehead atoms. The molecule has 1 aliphatic heterocycles. The van der Waals surface area contributed by atoms with Crippen molar-refractivity contribution in [2.45, 2.75) is 31.6 Å². The number of fused-ring (bicyclic) bond motifs is 2. The number of hydrogen-bond donors (Lipinski definition) is 1. The maximum atomic E-state index is 13.9. The minimum atomic E-state index is -4.77. The first-order valence-electron chi connectivity index (χ1n) is 10.1. The van der Waals surface area contributed by atoms with Crippen LogP contribution in [0.1, 0.15) is 25.1 Å². The number of carbonyl (C=O) groups excluding carboxylic acids is 2. The molecule has 0 saturated heterocycles. The summed E-state index contributed by atoms with van der Waals surface area (Å²) in [5, 5.41) is 3.36. The number of rotatable bonds is 4. The molecule has 2 atom stereocenters. The number of nitrogens with one attached hydrogen (secondary N) is 1. The van der Waals surface area contributed by atoms with Crippen LogP contribution in [0.15, 0.2) is 59.0 Å². The van der Waals surface area contributed by atoms with Crippen LogP contribution in [0.2, 0.25) is 0 Å². The molecule has 0 radical (unpaired) electrons. The van der Waals surface area contributed by atoms with Crippen molar-refractivity contribution in [2.75, 3.05) is 23.8 Å². The molecule has 32 heavy (non-hydrogen) atoms. The first kappa shape index (κ1) is 21.9. The minimum Gasteiger partial charge on any atom is -0.459 e. The fourth-order valence-electron chi connectivity index (χ4n) is 3.85. The molecule has 1 aliphatic rings. The Balaban J connectivity index is 1.62. The highest BCUT2D eigenvalue weighted by atomic mass is 19.4. The Labute approximate surface area is 182 Å². The zero-order valence-corrected chi connectivity index (χ0v) is 17.5. The van der Waals surface area contributed by atoms with Gasteiger partial charge in [0.1, 0.15) is 17.4 Å². The number of hydrogen-bond acceptors (Lipinski definition) is 4. The average Bonchev–Trinajstić information content (AvgIpc) is 3.10. The van der Waals surface area contributed by atoms with Crippen molar-refractivity contribution in [3.05, 3.63) is 60.4 Å². The van der Waals surface area contributed by atoms with Crippen molar-refractivity contribution in [3.8, 4) is 0 Å². The van der Waals surface area contributed by atoms with E-state index in [0.29, 0.717) is 16.2 Å². The summed E-state index contributed by atoms with van der Waals surface area (Å²) >= 11 is 0. The molecular weight excluding hydrogens is 423 g/mol. The highest BCUT2D eigenvalue weighted by Gasteiger charge is 2.49. The van der Waals surface area contributed by atoms with Crippen LogP contribution in [0.25, 0.3) is 11.0 Å². The quantitative estimate of drug-likeness (QED) is 0.631. The minimum absolute atomic E-state index is 0.0236. The van der Waals surface area contributed by atoms with E-state index in [1.807, 2.05) is 37.3 Å². The van der Waals surface area contributed by atoms with Crippen LogP contribution in [0.4, 0.5) is 24.5 Å². The van der Waals surface area contributed by atoms with E-state index in [4.69, 9.17) is 4.42 Å². The van der Waals surface area contributed by atoms with E-state index in [9.17, 15) is 22.8 Å². The molecule has 2 amide bonds. The Hall–Kier alpha value is -3.33. The van der Waals surface area contributed by atoms with Gasteiger partial charge in [-0.3, -0.25) is 19.4 Å². The third-order valence-electron chi connectivity index (χ3n) is 5.68. The van der Waals surface area contributed by atoms with E-state index in [-0.39, 0.29) is 24.0 Å². The molecule has 1 N–H and O–H groups in total. The lowest BCUT2D eigenvalue weighted by Gasteiger charge is -2.33. The summed E-state index contributed by atoms with van der Waals surface area (Å²) in [5.74, 6) is -0.956. The lowest BCUT2D eigenvalue weighted by Crippen LogP contribution is -2.52. The van der Waals surface area contributed by atoms with Gasteiger partial charge in [0.2, 0.25) is 11.8 Å². The number of halogens is 3. The van der Waals surface area contributed by atoms with Gasteiger partial charge in [0, 0.05) is 5.39 Å². The maximum absolute atomic E-state index is 13.9. The number of likely N-dealkylation sites (N-methyl/N-ethyl adjacent to an activating group) is 1. The molecule has 0 aliphatic carbocycles. The summed E-state index contributed by atoms with van der Waals surface area (Å²) in [6.45, 7) is 1.51. The van der Waals surface area contributed by atoms with Gasteiger partial charge in [-0.05, 0) is 38.2 Å². The number of alkyl halides is 3. The van der Waals surface area contributed by atoms with E-state index < -0.39 is 30.5 Å². The Bertz CT molecular complexity index is 1120. The van der Waals surface area contributed by atoms with E-state index in [1.165, 1.54) is 18.2 Å². The number of para-hydroxylation sites is 3. The van der Waals surface area contributed by atoms with Crippen LogP contribution in [-0.4, -0.2) is 42.5 Å². The van der Waals surface area contributed by atoms with Crippen LogP contribution in [0.5, 0.6) is 0 Å². The molecule has 2 heterocycles. The van der Waals surface area contributed by atoms with Gasteiger partial charge < -0.3 is 9.73 Å². The monoisotopic (exact) mass is 445 g/mol. The van der Waals surface area contributed by atoms with Crippen molar-refractivity contribution in [1.82, 2.24) is 4.90 Å². The van der Waals surface area contributed by atoms with Crippen molar-refractivity contribution < 1.29 is 27.2 Å². The number of benzene rings is 2. The van der Waals surface area contributed by atoms with Gasteiger partial charge in [-0.2, -0.15) is 13.2 Å². The topological polar surface area (TPSA) is 65.8 Å². The van der Waals surface area contributed by atoms with E-state index in [1.54, 1.807) is 18.0 Å². The number of furan rings is 1. The first-order valence-corrected chi connectivity index (χ1v) is 10.1. The van der Waals surface area contributed by atoms with E-state index in [0.717, 1.165) is 5.39 Å². The Morgan fingerprint density at radius 2 is 1.91 bits per heavy atom. The summed E-state index contributed by atoms with van der Waals surface area (Å²) < 4.78 is 47.5. The molecule has 4 rings (SSSR count). The normalized spacial score (nSPS) is 17.8. The molecule has 2 aromatic carbocycles. The third-order valence-corrected chi connectivity index (χ3v) is 5.68. The number of anilines is 2. The molecule has 0 spiro atoms. The Morgan fingerprint density at radius 1 is 1.22 bits per heavy atom. The summed E-state index contributed by atoms with van der Waals surface area (Å²) in [4.78, 5) is 27.6. The van der Waals surface area contributed by atoms with Crippen LogP contribution in [0, 0.1) is 0 Å². The van der Waals surface area contributed by atoms with Gasteiger partial charge in [-0.25, -0.2) is 0 Å². The van der Waals surface area contributed by atoms with Gasteiger partial charge in [0.25, 0.3) is 0 Å². The van der Waals surface area contributed by atoms with Gasteiger partial charge in [-0.1, -0.05) is 30.3 Å². The number of carbonyl (C=O) groups is 2. The second-order valence-corrected chi connectivity index (χ2v) is 7.87. The molecule has 9 heteroatoms. The predicted molar refractivity (Wildman–Crippen MR) is 114 cm³/mol. The Morgan fingerprint density at radius 3 is 2.62 bits per heavy atom. The smallest absolute Gasteiger partial charge is 0.409 e. The molecule has 3 aromatic rings. The van der Waals surface area contributed by atoms with Crippen LogP contribution in [-0.2, 0) is 9.59 Å². The molecule has 1 aromatic heterocycles. The highest BCUT2D eigenvalue weighted by molar-refractivity contribution is 6.05. The Kier molecular flexibility index (Phi) is 5.68. The molecule has 0 unspecified atom stereocenters. The average molecular weight is 445 g/mol. The van der Waals surface area contributed by atoms with Gasteiger partial charge in [0.15, 0.2) is 0 Å². The summed E-state index contributed by atoms with van der Waals surface area (Å²) in [5.41, 5.74) is 0.887. The predicted octanol–water partition coefficient (Wildman–Crippen LogP) is 4.73. The molecule has 0 saturated carbocycles. The maximum Gasteiger partial charge on any atom is 0.409 e. The summed E-state index contributed by atoms with van der Waals surface area (Å²) in [6.07, 6.45) is -5.64. The standard InChI is InChI=1S/C23H22F3N3O3/c1-14(19-11-15-7-3-6-10-18(15)32-19)28(2)13-22(31)29-17-9-5-4-8-16(17)27-21(30)12-20(29)23(24,25)26/h3-11,14,20H,12-13H2,1-2H3,(H,27,30)/t14-,20+/m0/s1. The SMILES string of the molecule is C[C@@H](c1cc2ccccc2o1)N(C)CC(=O)N1c2ccccc2NC(=O)C[C@@H]1C(F)(F)F. The largest absolute Gasteiger partial charge is 0.459 e. The lowest BCUT2D eigenvalue weighted by atomic mass is 10.1. The highest BCUT2D eigenvalue weighted by Crippen LogP contribution is 2.38. The van der Waals surface area contributed by atoms with Crippen LogP contribution in [0.3, 0.4) is 0 Å². The second kappa shape index (κ2) is 8.31. The number of nitrogens with zero attached hydrogens (tertiary/aromatic N) is 2. The zero-order chi connectivity index (χ0) is 23.0. The van der Waals surface area contributed by atoms with Crippen LogP contribution >= 0.6 is 0 Å². The van der Waals surface area contributed by atoms with Crippen molar-refractivity contribution >= 4 is 34.2 Å². The van der Waals surface area contributed by atoms with Crippen molar-refractivity contribution in [1.29, 1.82) is 0 Å². The van der Waals surface area contributed by atoms with Crippen LogP contribution < -0.4 is 10.2 Å². The number of amides is 2. The van der Waals surface area contributed by atoms with E-state index in [2.05, 4.69) is 5.32 Å². The third kappa shape index (κ3) is 4.20.